The second kappa shape index (κ2) is 7.47. The molecular weight excluding hydrogens is 410 g/mol. The zero-order valence-electron chi connectivity index (χ0n) is 19.7. The Hall–Kier alpha value is -1.14. The SMILES string of the molecule is CC(C)[Si]1(C(C)C)Sc2cc3c(cc2C1C)C1CCN(C(=O)OC(C)(C)C)C1CO3. The molecule has 4 rings (SSSR count). The predicted octanol–water partition coefficient (Wildman–Crippen LogP) is 6.69. The number of amides is 1. The van der Waals surface area contributed by atoms with E-state index < -0.39 is 12.8 Å². The van der Waals surface area contributed by atoms with Crippen LogP contribution in [0.1, 0.15) is 84.4 Å². The number of hydrogen-bond donors (Lipinski definition) is 0. The average Bonchev–Trinajstić information content (AvgIpc) is 3.18. The van der Waals surface area contributed by atoms with Gasteiger partial charge in [-0.15, -0.1) is 11.2 Å². The van der Waals surface area contributed by atoms with Gasteiger partial charge in [-0.05, 0) is 61.0 Å². The van der Waals surface area contributed by atoms with Crippen LogP contribution in [0.2, 0.25) is 11.1 Å². The topological polar surface area (TPSA) is 38.8 Å². The zero-order chi connectivity index (χ0) is 22.0. The first-order chi connectivity index (χ1) is 14.0. The first-order valence-corrected chi connectivity index (χ1v) is 15.2. The van der Waals surface area contributed by atoms with Gasteiger partial charge in [0, 0.05) is 17.4 Å². The number of hydrogen-bond acceptors (Lipinski definition) is 4. The maximum absolute atomic E-state index is 12.8. The fourth-order valence-corrected chi connectivity index (χ4v) is 15.7. The predicted molar refractivity (Wildman–Crippen MR) is 126 cm³/mol. The molecule has 3 unspecified atom stereocenters. The molecule has 1 aromatic carbocycles. The standard InChI is InChI=1S/C24H37NO3SSi/c1-14(2)30(15(3)4)16(5)18-11-19-17-9-10-25(23(26)28-24(6,7)8)20(17)13-27-21(19)12-22(18)29-30/h11-12,14-17,20H,9-10,13H2,1-8H3. The van der Waals surface area contributed by atoms with E-state index in [9.17, 15) is 4.79 Å². The highest BCUT2D eigenvalue weighted by atomic mass is 32.4. The lowest BCUT2D eigenvalue weighted by atomic mass is 9.88. The van der Waals surface area contributed by atoms with Gasteiger partial charge in [0.1, 0.15) is 25.2 Å². The Morgan fingerprint density at radius 3 is 2.47 bits per heavy atom. The minimum Gasteiger partial charge on any atom is -0.491 e. The minimum absolute atomic E-state index is 0.0759. The molecule has 0 aliphatic carbocycles. The first-order valence-electron chi connectivity index (χ1n) is 11.4. The van der Waals surface area contributed by atoms with E-state index >= 15 is 0 Å². The molecule has 0 N–H and O–H groups in total. The summed E-state index contributed by atoms with van der Waals surface area (Å²) in [7, 11) is -1.56. The van der Waals surface area contributed by atoms with E-state index in [1.54, 1.807) is 0 Å². The Bertz CT molecular complexity index is 840. The molecule has 1 fully saturated rings. The average molecular weight is 448 g/mol. The minimum atomic E-state index is -1.56. The maximum atomic E-state index is 12.8. The van der Waals surface area contributed by atoms with Crippen molar-refractivity contribution in [3.8, 4) is 5.75 Å². The summed E-state index contributed by atoms with van der Waals surface area (Å²) in [6, 6.07) is 4.83. The Labute approximate surface area is 186 Å². The fraction of sp³-hybridized carbons (Fsp3) is 0.708. The van der Waals surface area contributed by atoms with Crippen molar-refractivity contribution in [1.82, 2.24) is 4.90 Å². The Kier molecular flexibility index (Phi) is 5.50. The summed E-state index contributed by atoms with van der Waals surface area (Å²) in [6.45, 7) is 19.2. The number of rotatable bonds is 2. The van der Waals surface area contributed by atoms with Gasteiger partial charge in [0.25, 0.3) is 0 Å². The largest absolute Gasteiger partial charge is 0.491 e. The fourth-order valence-electron chi connectivity index (χ4n) is 6.01. The molecule has 6 heteroatoms. The van der Waals surface area contributed by atoms with Gasteiger partial charge < -0.3 is 14.4 Å². The molecule has 3 aliphatic heterocycles. The van der Waals surface area contributed by atoms with Crippen molar-refractivity contribution in [3.63, 3.8) is 0 Å². The third-order valence-corrected chi connectivity index (χ3v) is 19.2. The van der Waals surface area contributed by atoms with Crippen molar-refractivity contribution in [3.05, 3.63) is 23.3 Å². The van der Waals surface area contributed by atoms with E-state index in [1.807, 2.05) is 25.7 Å². The zero-order valence-corrected chi connectivity index (χ0v) is 21.6. The summed E-state index contributed by atoms with van der Waals surface area (Å²) < 4.78 is 11.9. The third-order valence-electron chi connectivity index (χ3n) is 7.36. The molecule has 3 atom stereocenters. The number of fused-ring (bicyclic) bond motifs is 4. The van der Waals surface area contributed by atoms with Gasteiger partial charge in [-0.1, -0.05) is 40.7 Å². The van der Waals surface area contributed by atoms with Gasteiger partial charge in [-0.3, -0.25) is 0 Å². The van der Waals surface area contributed by atoms with Gasteiger partial charge >= 0.3 is 6.09 Å². The Morgan fingerprint density at radius 2 is 1.87 bits per heavy atom. The van der Waals surface area contributed by atoms with E-state index in [4.69, 9.17) is 9.47 Å². The summed E-state index contributed by atoms with van der Waals surface area (Å²) in [4.78, 5) is 16.1. The van der Waals surface area contributed by atoms with Gasteiger partial charge in [-0.2, -0.15) is 0 Å². The third kappa shape index (κ3) is 3.38. The van der Waals surface area contributed by atoms with Crippen LogP contribution in [0.4, 0.5) is 4.79 Å². The lowest BCUT2D eigenvalue weighted by Gasteiger charge is -2.38. The molecule has 0 radical (unpaired) electrons. The number of likely N-dealkylation sites (tertiary alicyclic amines) is 1. The summed E-state index contributed by atoms with van der Waals surface area (Å²) in [5.41, 5.74) is 4.44. The molecule has 0 aromatic heterocycles. The first kappa shape index (κ1) is 22.1. The summed E-state index contributed by atoms with van der Waals surface area (Å²) >= 11 is 2.19. The van der Waals surface area contributed by atoms with Crippen LogP contribution in [0, 0.1) is 0 Å². The molecule has 0 bridgehead atoms. The lowest BCUT2D eigenvalue weighted by molar-refractivity contribution is 0.0164. The monoisotopic (exact) mass is 447 g/mol. The Morgan fingerprint density at radius 1 is 1.20 bits per heavy atom. The van der Waals surface area contributed by atoms with Crippen LogP contribution < -0.4 is 4.74 Å². The molecule has 3 heterocycles. The van der Waals surface area contributed by atoms with Crippen molar-refractivity contribution in [2.45, 2.75) is 101 Å². The van der Waals surface area contributed by atoms with Crippen LogP contribution in [0.25, 0.3) is 0 Å². The van der Waals surface area contributed by atoms with Crippen molar-refractivity contribution in [2.24, 2.45) is 0 Å². The number of nitrogens with zero attached hydrogens (tertiary/aromatic N) is 1. The highest BCUT2D eigenvalue weighted by Crippen LogP contribution is 2.61. The number of benzene rings is 1. The summed E-state index contributed by atoms with van der Waals surface area (Å²) in [6.07, 6.45) is 0.774. The van der Waals surface area contributed by atoms with Crippen molar-refractivity contribution in [1.29, 1.82) is 0 Å². The van der Waals surface area contributed by atoms with E-state index in [0.29, 0.717) is 18.1 Å². The van der Waals surface area contributed by atoms with Crippen molar-refractivity contribution < 1.29 is 14.3 Å². The van der Waals surface area contributed by atoms with Crippen LogP contribution >= 0.6 is 11.2 Å². The lowest BCUT2D eigenvalue weighted by Crippen LogP contribution is -2.45. The van der Waals surface area contributed by atoms with Crippen LogP contribution in [0.15, 0.2) is 17.0 Å². The van der Waals surface area contributed by atoms with Crippen LogP contribution in [-0.2, 0) is 4.74 Å². The van der Waals surface area contributed by atoms with Crippen molar-refractivity contribution >= 4 is 24.5 Å². The van der Waals surface area contributed by atoms with Crippen LogP contribution in [0.3, 0.4) is 0 Å². The van der Waals surface area contributed by atoms with Crippen LogP contribution in [0.5, 0.6) is 5.75 Å². The maximum Gasteiger partial charge on any atom is 0.410 e. The van der Waals surface area contributed by atoms with Crippen LogP contribution in [-0.4, -0.2) is 43.0 Å². The quantitative estimate of drug-likeness (QED) is 0.474. The van der Waals surface area contributed by atoms with Gasteiger partial charge in [0.05, 0.1) is 6.04 Å². The molecule has 3 aliphatic rings. The molecule has 30 heavy (non-hydrogen) atoms. The highest BCUT2D eigenvalue weighted by molar-refractivity contribution is 8.29. The molecule has 1 saturated heterocycles. The van der Waals surface area contributed by atoms with Crippen molar-refractivity contribution in [2.75, 3.05) is 13.2 Å². The normalized spacial score (nSPS) is 27.0. The van der Waals surface area contributed by atoms with E-state index in [-0.39, 0.29) is 12.1 Å². The molecule has 166 valence electrons. The second-order valence-corrected chi connectivity index (χ2v) is 19.1. The van der Waals surface area contributed by atoms with E-state index in [2.05, 4.69) is 58.0 Å². The van der Waals surface area contributed by atoms with E-state index in [1.165, 1.54) is 16.0 Å². The van der Waals surface area contributed by atoms with Gasteiger partial charge in [0.2, 0.25) is 0 Å². The molecule has 0 spiro atoms. The molecular formula is C24H37NO3SSi. The number of ether oxygens (including phenoxy) is 2. The van der Waals surface area contributed by atoms with E-state index in [0.717, 1.165) is 29.8 Å². The Balaban J connectivity index is 1.65. The highest BCUT2D eigenvalue weighted by Gasteiger charge is 2.52. The number of carbonyl (C=O) groups is 1. The number of carbonyl (C=O) groups excluding carboxylic acids is 1. The second-order valence-electron chi connectivity index (χ2n) is 10.9. The van der Waals surface area contributed by atoms with Gasteiger partial charge in [0.15, 0.2) is 0 Å². The molecule has 0 saturated carbocycles. The smallest absolute Gasteiger partial charge is 0.410 e. The molecule has 4 nitrogen and oxygen atoms in total. The molecule has 1 aromatic rings. The summed E-state index contributed by atoms with van der Waals surface area (Å²) in [5, 5.41) is 0. The van der Waals surface area contributed by atoms with Gasteiger partial charge in [-0.25, -0.2) is 4.79 Å². The summed E-state index contributed by atoms with van der Waals surface area (Å²) in [5.74, 6) is 1.39. The molecule has 1 amide bonds.